The minimum atomic E-state index is 0.105. The highest BCUT2D eigenvalue weighted by atomic mass is 16.2. The van der Waals surface area contributed by atoms with Crippen molar-refractivity contribution in [2.24, 2.45) is 11.8 Å². The average molecular weight is 282 g/mol. The molecule has 1 aromatic carbocycles. The van der Waals surface area contributed by atoms with Gasteiger partial charge in [-0.25, -0.2) is 0 Å². The van der Waals surface area contributed by atoms with Crippen LogP contribution in [0.4, 0.5) is 0 Å². The zero-order valence-corrected chi connectivity index (χ0v) is 11.8. The lowest BCUT2D eigenvalue weighted by atomic mass is 9.80. The van der Waals surface area contributed by atoms with E-state index in [9.17, 15) is 4.79 Å². The molecule has 0 spiro atoms. The number of nitrogens with zero attached hydrogens (tertiary/aromatic N) is 3. The highest BCUT2D eigenvalue weighted by molar-refractivity contribution is 6.04. The van der Waals surface area contributed by atoms with Crippen molar-refractivity contribution in [1.82, 2.24) is 20.0 Å². The second-order valence-corrected chi connectivity index (χ2v) is 6.61. The van der Waals surface area contributed by atoms with Crippen LogP contribution in [-0.2, 0) is 0 Å². The lowest BCUT2D eigenvalue weighted by Gasteiger charge is -2.44. The molecule has 5 heteroatoms. The van der Waals surface area contributed by atoms with Gasteiger partial charge < -0.3 is 9.80 Å². The summed E-state index contributed by atoms with van der Waals surface area (Å²) in [6.07, 6.45) is 1.25. The molecule has 4 fully saturated rings. The summed E-state index contributed by atoms with van der Waals surface area (Å²) in [6, 6.07) is 8.27. The van der Waals surface area contributed by atoms with Crippen molar-refractivity contribution in [3.63, 3.8) is 0 Å². The van der Waals surface area contributed by atoms with Crippen molar-refractivity contribution in [2.75, 3.05) is 26.2 Å². The molecule has 21 heavy (non-hydrogen) atoms. The molecule has 4 saturated heterocycles. The molecule has 4 aliphatic rings. The third-order valence-corrected chi connectivity index (χ3v) is 5.58. The van der Waals surface area contributed by atoms with E-state index in [4.69, 9.17) is 0 Å². The Kier molecular flexibility index (Phi) is 2.28. The Bertz CT molecular complexity index is 724. The van der Waals surface area contributed by atoms with Crippen molar-refractivity contribution in [3.8, 4) is 0 Å². The summed E-state index contributed by atoms with van der Waals surface area (Å²) in [5, 5.41) is 8.20. The summed E-state index contributed by atoms with van der Waals surface area (Å²) in [4.78, 5) is 17.6. The Morgan fingerprint density at radius 2 is 2.14 bits per heavy atom. The number of carbonyl (C=O) groups is 1. The zero-order valence-electron chi connectivity index (χ0n) is 11.8. The Morgan fingerprint density at radius 1 is 1.24 bits per heavy atom. The van der Waals surface area contributed by atoms with Gasteiger partial charge in [-0.15, -0.1) is 0 Å². The normalized spacial score (nSPS) is 33.8. The van der Waals surface area contributed by atoms with Crippen LogP contribution in [0.15, 0.2) is 24.3 Å². The number of nitrogens with one attached hydrogen (secondary N) is 1. The number of amides is 1. The standard InChI is InChI=1S/C16H18N4O/c21-16(15-12-3-1-2-4-13(12)17-18-15)20-8-10-7-19-6-5-11(10)14(20)9-19/h1-4,10-11,14H,5-9H2,(H,17,18). The first-order valence-corrected chi connectivity index (χ1v) is 7.78. The molecule has 4 atom stereocenters. The first kappa shape index (κ1) is 11.7. The molecule has 0 aliphatic carbocycles. The minimum absolute atomic E-state index is 0.105. The van der Waals surface area contributed by atoms with Crippen LogP contribution in [0.2, 0.25) is 0 Å². The van der Waals surface area contributed by atoms with E-state index in [1.807, 2.05) is 24.3 Å². The molecule has 108 valence electrons. The number of hydrogen-bond donors (Lipinski definition) is 1. The highest BCUT2D eigenvalue weighted by Crippen LogP contribution is 2.42. The molecular formula is C16H18N4O. The first-order chi connectivity index (χ1) is 10.3. The van der Waals surface area contributed by atoms with E-state index < -0.39 is 0 Å². The van der Waals surface area contributed by atoms with Crippen LogP contribution in [0.5, 0.6) is 0 Å². The predicted octanol–water partition coefficient (Wildman–Crippen LogP) is 1.34. The lowest BCUT2D eigenvalue weighted by molar-refractivity contribution is 0.0420. The SMILES string of the molecule is O=C(c1n[nH]c2ccccc12)N1CC2CN3CCC2C1C3. The average Bonchev–Trinajstić information content (AvgIpc) is 3.06. The van der Waals surface area contributed by atoms with Crippen molar-refractivity contribution in [1.29, 1.82) is 0 Å². The minimum Gasteiger partial charge on any atom is -0.332 e. The van der Waals surface area contributed by atoms with Gasteiger partial charge in [0.05, 0.1) is 5.52 Å². The summed E-state index contributed by atoms with van der Waals surface area (Å²) in [6.45, 7) is 4.35. The number of likely N-dealkylation sites (tertiary alicyclic amines) is 1. The molecule has 1 N–H and O–H groups in total. The molecule has 1 amide bonds. The van der Waals surface area contributed by atoms with Gasteiger partial charge in [0.2, 0.25) is 0 Å². The number of benzene rings is 1. The molecule has 5 heterocycles. The van der Waals surface area contributed by atoms with Crippen LogP contribution < -0.4 is 0 Å². The smallest absolute Gasteiger partial charge is 0.275 e. The number of rotatable bonds is 1. The van der Waals surface area contributed by atoms with E-state index in [0.717, 1.165) is 24.0 Å². The monoisotopic (exact) mass is 282 g/mol. The molecule has 0 radical (unpaired) electrons. The van der Waals surface area contributed by atoms with Crippen molar-refractivity contribution >= 4 is 16.8 Å². The van der Waals surface area contributed by atoms with Gasteiger partial charge in [0, 0.05) is 31.1 Å². The quantitative estimate of drug-likeness (QED) is 0.859. The Hall–Kier alpha value is -1.88. The van der Waals surface area contributed by atoms with Crippen LogP contribution >= 0.6 is 0 Å². The van der Waals surface area contributed by atoms with Crippen LogP contribution in [0.1, 0.15) is 16.9 Å². The fourth-order valence-corrected chi connectivity index (χ4v) is 4.60. The van der Waals surface area contributed by atoms with Crippen LogP contribution in [0.3, 0.4) is 0 Å². The molecule has 6 rings (SSSR count). The van der Waals surface area contributed by atoms with Crippen LogP contribution in [0, 0.1) is 11.8 Å². The second-order valence-electron chi connectivity index (χ2n) is 6.61. The van der Waals surface area contributed by atoms with Crippen molar-refractivity contribution in [2.45, 2.75) is 12.5 Å². The van der Waals surface area contributed by atoms with Gasteiger partial charge in [-0.1, -0.05) is 18.2 Å². The maximum atomic E-state index is 13.0. The number of aromatic amines is 1. The van der Waals surface area contributed by atoms with Gasteiger partial charge in [0.1, 0.15) is 0 Å². The summed E-state index contributed by atoms with van der Waals surface area (Å²) in [7, 11) is 0. The van der Waals surface area contributed by atoms with Crippen molar-refractivity contribution in [3.05, 3.63) is 30.0 Å². The second kappa shape index (κ2) is 4.07. The first-order valence-electron chi connectivity index (χ1n) is 7.78. The molecule has 4 unspecified atom stereocenters. The number of H-pyrrole nitrogens is 1. The number of carbonyl (C=O) groups excluding carboxylic acids is 1. The Labute approximate surface area is 122 Å². The van der Waals surface area contributed by atoms with E-state index in [1.165, 1.54) is 19.5 Å². The number of fused-ring (bicyclic) bond motifs is 2. The van der Waals surface area contributed by atoms with Gasteiger partial charge in [-0.3, -0.25) is 9.89 Å². The third kappa shape index (κ3) is 1.55. The van der Waals surface area contributed by atoms with Gasteiger partial charge in [0.25, 0.3) is 5.91 Å². The number of aromatic nitrogens is 2. The fraction of sp³-hybridized carbons (Fsp3) is 0.500. The molecule has 4 bridgehead atoms. The number of hydrogen-bond acceptors (Lipinski definition) is 3. The van der Waals surface area contributed by atoms with Crippen molar-refractivity contribution < 1.29 is 4.79 Å². The Balaban J connectivity index is 1.52. The van der Waals surface area contributed by atoms with E-state index in [0.29, 0.717) is 23.6 Å². The van der Waals surface area contributed by atoms with Crippen LogP contribution in [-0.4, -0.2) is 58.1 Å². The van der Waals surface area contributed by atoms with E-state index in [2.05, 4.69) is 20.0 Å². The highest BCUT2D eigenvalue weighted by Gasteiger charge is 2.51. The third-order valence-electron chi connectivity index (χ3n) is 5.58. The molecule has 1 aromatic heterocycles. The molecule has 4 aliphatic heterocycles. The lowest BCUT2D eigenvalue weighted by Crippen LogP contribution is -2.54. The molecule has 2 aromatic rings. The topological polar surface area (TPSA) is 52.2 Å². The summed E-state index contributed by atoms with van der Waals surface area (Å²) in [5.41, 5.74) is 1.53. The van der Waals surface area contributed by atoms with Gasteiger partial charge in [-0.2, -0.15) is 5.10 Å². The largest absolute Gasteiger partial charge is 0.332 e. The zero-order chi connectivity index (χ0) is 14.0. The molecule has 5 nitrogen and oxygen atoms in total. The van der Waals surface area contributed by atoms with E-state index in [-0.39, 0.29) is 5.91 Å². The van der Waals surface area contributed by atoms with E-state index >= 15 is 0 Å². The number of para-hydroxylation sites is 1. The summed E-state index contributed by atoms with van der Waals surface area (Å²) < 4.78 is 0. The summed E-state index contributed by atoms with van der Waals surface area (Å²) in [5.74, 6) is 1.49. The fourth-order valence-electron chi connectivity index (χ4n) is 4.60. The van der Waals surface area contributed by atoms with E-state index in [1.54, 1.807) is 0 Å². The predicted molar refractivity (Wildman–Crippen MR) is 79.0 cm³/mol. The molecular weight excluding hydrogens is 264 g/mol. The van der Waals surface area contributed by atoms with Gasteiger partial charge in [-0.05, 0) is 30.9 Å². The maximum Gasteiger partial charge on any atom is 0.275 e. The summed E-state index contributed by atoms with van der Waals surface area (Å²) >= 11 is 0. The molecule has 0 saturated carbocycles. The Morgan fingerprint density at radius 3 is 3.00 bits per heavy atom. The van der Waals surface area contributed by atoms with Gasteiger partial charge >= 0.3 is 0 Å². The van der Waals surface area contributed by atoms with Gasteiger partial charge in [0.15, 0.2) is 5.69 Å². The van der Waals surface area contributed by atoms with Crippen LogP contribution in [0.25, 0.3) is 10.9 Å². The number of piperidine rings is 3. The maximum absolute atomic E-state index is 13.0.